The van der Waals surface area contributed by atoms with E-state index in [1.807, 2.05) is 0 Å². The topological polar surface area (TPSA) is 61.4 Å². The van der Waals surface area contributed by atoms with E-state index in [1.54, 1.807) is 11.8 Å². The number of carbonyl (C=O) groups excluding carboxylic acids is 1. The molecule has 0 spiro atoms. The lowest BCUT2D eigenvalue weighted by Crippen LogP contribution is -2.55. The molecule has 3 atom stereocenters. The monoisotopic (exact) mass is 300 g/mol. The summed E-state index contributed by atoms with van der Waals surface area (Å²) in [5.41, 5.74) is 0. The first-order valence-electron chi connectivity index (χ1n) is 8.03. The Labute approximate surface area is 126 Å². The van der Waals surface area contributed by atoms with Crippen LogP contribution in [0.15, 0.2) is 0 Å². The Morgan fingerprint density at radius 1 is 1.20 bits per heavy atom. The van der Waals surface area contributed by atoms with Crippen molar-refractivity contribution in [3.05, 3.63) is 0 Å². The fourth-order valence-electron chi connectivity index (χ4n) is 3.34. The van der Waals surface area contributed by atoms with Crippen LogP contribution >= 0.6 is 11.8 Å². The number of piperidine rings is 1. The van der Waals surface area contributed by atoms with Gasteiger partial charge in [-0.25, -0.2) is 0 Å². The number of fused-ring (bicyclic) bond motifs is 1. The summed E-state index contributed by atoms with van der Waals surface area (Å²) in [6, 6.07) is 0.601. The number of thioether (sulfide) groups is 1. The van der Waals surface area contributed by atoms with Crippen molar-refractivity contribution in [2.75, 3.05) is 24.7 Å². The van der Waals surface area contributed by atoms with Gasteiger partial charge in [0.25, 0.3) is 0 Å². The van der Waals surface area contributed by atoms with E-state index >= 15 is 0 Å². The summed E-state index contributed by atoms with van der Waals surface area (Å²) in [6.07, 6.45) is 8.30. The standard InChI is InChI=1S/C15H28N2O2S/c18-9-3-10-20-11-8-16-15(19)14-7-6-12-4-1-2-5-13(12)17-14/h12-14,17-18H,1-11H2,(H,16,19). The van der Waals surface area contributed by atoms with E-state index in [9.17, 15) is 4.79 Å². The molecule has 0 aromatic rings. The molecule has 0 aromatic carbocycles. The molecule has 2 aliphatic rings. The maximum atomic E-state index is 12.1. The van der Waals surface area contributed by atoms with E-state index in [0.29, 0.717) is 6.04 Å². The van der Waals surface area contributed by atoms with Crippen molar-refractivity contribution >= 4 is 17.7 Å². The van der Waals surface area contributed by atoms with Gasteiger partial charge in [0.05, 0.1) is 6.04 Å². The van der Waals surface area contributed by atoms with Gasteiger partial charge in [-0.15, -0.1) is 0 Å². The summed E-state index contributed by atoms with van der Waals surface area (Å²) < 4.78 is 0. The van der Waals surface area contributed by atoms with E-state index < -0.39 is 0 Å². The van der Waals surface area contributed by atoms with Crippen LogP contribution in [0.25, 0.3) is 0 Å². The van der Waals surface area contributed by atoms with Crippen LogP contribution < -0.4 is 10.6 Å². The van der Waals surface area contributed by atoms with Crippen LogP contribution in [0, 0.1) is 5.92 Å². The molecule has 3 N–H and O–H groups in total. The van der Waals surface area contributed by atoms with Crippen molar-refractivity contribution in [2.24, 2.45) is 5.92 Å². The molecule has 1 heterocycles. The fourth-order valence-corrected chi connectivity index (χ4v) is 4.12. The van der Waals surface area contributed by atoms with Crippen molar-refractivity contribution in [3.63, 3.8) is 0 Å². The summed E-state index contributed by atoms with van der Waals surface area (Å²) in [7, 11) is 0. The molecule has 3 unspecified atom stereocenters. The zero-order valence-corrected chi connectivity index (χ0v) is 13.1. The molecule has 1 aliphatic heterocycles. The fraction of sp³-hybridized carbons (Fsp3) is 0.933. The lowest BCUT2D eigenvalue weighted by molar-refractivity contribution is -0.124. The van der Waals surface area contributed by atoms with Crippen LogP contribution in [0.2, 0.25) is 0 Å². The Bertz CT molecular complexity index is 302. The van der Waals surface area contributed by atoms with Crippen LogP contribution in [0.3, 0.4) is 0 Å². The number of carbonyl (C=O) groups is 1. The predicted molar refractivity (Wildman–Crippen MR) is 83.9 cm³/mol. The van der Waals surface area contributed by atoms with Gasteiger partial charge in [0.2, 0.25) is 5.91 Å². The minimum Gasteiger partial charge on any atom is -0.396 e. The van der Waals surface area contributed by atoms with Crippen molar-refractivity contribution < 1.29 is 9.90 Å². The molecule has 1 aliphatic carbocycles. The minimum absolute atomic E-state index is 0.0248. The number of hydrogen-bond acceptors (Lipinski definition) is 4. The Balaban J connectivity index is 1.60. The molecule has 5 heteroatoms. The van der Waals surface area contributed by atoms with Crippen LogP contribution in [0.5, 0.6) is 0 Å². The molecule has 0 bridgehead atoms. The molecule has 116 valence electrons. The number of aliphatic hydroxyl groups is 1. The number of rotatable bonds is 7. The van der Waals surface area contributed by atoms with Gasteiger partial charge in [-0.3, -0.25) is 4.79 Å². The molecule has 1 saturated heterocycles. The van der Waals surface area contributed by atoms with E-state index in [4.69, 9.17) is 5.11 Å². The molecule has 1 saturated carbocycles. The first-order chi connectivity index (χ1) is 9.81. The largest absolute Gasteiger partial charge is 0.396 e. The second-order valence-electron chi connectivity index (χ2n) is 5.93. The van der Waals surface area contributed by atoms with Gasteiger partial charge in [0.1, 0.15) is 0 Å². The zero-order valence-electron chi connectivity index (χ0n) is 12.3. The summed E-state index contributed by atoms with van der Waals surface area (Å²) in [4.78, 5) is 12.1. The normalized spacial score (nSPS) is 29.8. The number of nitrogens with one attached hydrogen (secondary N) is 2. The molecule has 2 fully saturated rings. The highest BCUT2D eigenvalue weighted by molar-refractivity contribution is 7.99. The molecule has 2 rings (SSSR count). The molecular formula is C15H28N2O2S. The van der Waals surface area contributed by atoms with E-state index in [1.165, 1.54) is 32.1 Å². The van der Waals surface area contributed by atoms with Crippen molar-refractivity contribution in [3.8, 4) is 0 Å². The van der Waals surface area contributed by atoms with Gasteiger partial charge in [-0.1, -0.05) is 12.8 Å². The molecule has 0 aromatic heterocycles. The quantitative estimate of drug-likeness (QED) is 0.624. The highest BCUT2D eigenvalue weighted by Gasteiger charge is 2.34. The highest BCUT2D eigenvalue weighted by atomic mass is 32.2. The van der Waals surface area contributed by atoms with Gasteiger partial charge < -0.3 is 15.7 Å². The smallest absolute Gasteiger partial charge is 0.237 e. The molecule has 20 heavy (non-hydrogen) atoms. The second kappa shape index (κ2) is 8.90. The van der Waals surface area contributed by atoms with Gasteiger partial charge in [0, 0.05) is 24.9 Å². The SMILES string of the molecule is O=C(NCCSCCCO)C1CCC2CCCCC2N1. The predicted octanol–water partition coefficient (Wildman–Crippen LogP) is 1.53. The van der Waals surface area contributed by atoms with Crippen LogP contribution in [-0.4, -0.2) is 47.8 Å². The van der Waals surface area contributed by atoms with Crippen LogP contribution in [0.1, 0.15) is 44.9 Å². The average molecular weight is 300 g/mol. The zero-order chi connectivity index (χ0) is 14.2. The molecule has 0 radical (unpaired) electrons. The Kier molecular flexibility index (Phi) is 7.17. The third-order valence-electron chi connectivity index (χ3n) is 4.46. The summed E-state index contributed by atoms with van der Waals surface area (Å²) in [5.74, 6) is 2.89. The maximum absolute atomic E-state index is 12.1. The third kappa shape index (κ3) is 4.93. The number of hydrogen-bond donors (Lipinski definition) is 3. The maximum Gasteiger partial charge on any atom is 0.237 e. The number of amides is 1. The second-order valence-corrected chi connectivity index (χ2v) is 7.15. The van der Waals surface area contributed by atoms with Gasteiger partial charge in [-0.05, 0) is 43.8 Å². The number of aliphatic hydroxyl groups excluding tert-OH is 1. The summed E-state index contributed by atoms with van der Waals surface area (Å²) in [6.45, 7) is 0.995. The molecule has 4 nitrogen and oxygen atoms in total. The minimum atomic E-state index is 0.0248. The van der Waals surface area contributed by atoms with E-state index in [0.717, 1.165) is 36.8 Å². The van der Waals surface area contributed by atoms with Gasteiger partial charge in [-0.2, -0.15) is 11.8 Å². The van der Waals surface area contributed by atoms with Gasteiger partial charge in [0.15, 0.2) is 0 Å². The first-order valence-corrected chi connectivity index (χ1v) is 9.19. The van der Waals surface area contributed by atoms with E-state index in [2.05, 4.69) is 10.6 Å². The lowest BCUT2D eigenvalue weighted by Gasteiger charge is -2.39. The first kappa shape index (κ1) is 16.1. The molecule has 1 amide bonds. The van der Waals surface area contributed by atoms with Crippen LogP contribution in [-0.2, 0) is 4.79 Å². The Morgan fingerprint density at radius 2 is 2.05 bits per heavy atom. The summed E-state index contributed by atoms with van der Waals surface area (Å²) in [5, 5.41) is 15.3. The average Bonchev–Trinajstić information content (AvgIpc) is 2.50. The van der Waals surface area contributed by atoms with Crippen molar-refractivity contribution in [1.29, 1.82) is 0 Å². The third-order valence-corrected chi connectivity index (χ3v) is 5.53. The van der Waals surface area contributed by atoms with Crippen molar-refractivity contribution in [1.82, 2.24) is 10.6 Å². The van der Waals surface area contributed by atoms with Gasteiger partial charge >= 0.3 is 0 Å². The summed E-state index contributed by atoms with van der Waals surface area (Å²) >= 11 is 1.79. The van der Waals surface area contributed by atoms with Crippen molar-refractivity contribution in [2.45, 2.75) is 57.0 Å². The Morgan fingerprint density at radius 3 is 2.90 bits per heavy atom. The molecular weight excluding hydrogens is 272 g/mol. The highest BCUT2D eigenvalue weighted by Crippen LogP contribution is 2.32. The lowest BCUT2D eigenvalue weighted by atomic mass is 9.77. The van der Waals surface area contributed by atoms with E-state index in [-0.39, 0.29) is 18.6 Å². The van der Waals surface area contributed by atoms with Crippen LogP contribution in [0.4, 0.5) is 0 Å². The Hall–Kier alpha value is -0.260.